The molecule has 18 heavy (non-hydrogen) atoms. The minimum absolute atomic E-state index is 0.0547. The second-order valence-electron chi connectivity index (χ2n) is 4.32. The van der Waals surface area contributed by atoms with Crippen molar-refractivity contribution in [3.63, 3.8) is 0 Å². The highest BCUT2D eigenvalue weighted by atomic mass is 16.5. The number of rotatable bonds is 8. The van der Waals surface area contributed by atoms with E-state index < -0.39 is 5.97 Å². The van der Waals surface area contributed by atoms with E-state index in [1.54, 1.807) is 14.2 Å². The van der Waals surface area contributed by atoms with Crippen LogP contribution in [0.5, 0.6) is 0 Å². The third kappa shape index (κ3) is 5.35. The summed E-state index contributed by atoms with van der Waals surface area (Å²) in [5.41, 5.74) is -0.344. The highest BCUT2D eigenvalue weighted by Crippen LogP contribution is 2.18. The molecule has 0 bridgehead atoms. The summed E-state index contributed by atoms with van der Waals surface area (Å²) in [5.74, 6) is -0.914. The Hall–Kier alpha value is -1.30. The van der Waals surface area contributed by atoms with E-state index in [1.165, 1.54) is 4.90 Å². The molecular formula is C12H24N2O4. The molecule has 0 aliphatic rings. The van der Waals surface area contributed by atoms with E-state index in [4.69, 9.17) is 9.84 Å². The molecule has 0 saturated carbocycles. The van der Waals surface area contributed by atoms with Gasteiger partial charge >= 0.3 is 12.0 Å². The third-order valence-electron chi connectivity index (χ3n) is 3.29. The van der Waals surface area contributed by atoms with Crippen molar-refractivity contribution < 1.29 is 19.4 Å². The van der Waals surface area contributed by atoms with Gasteiger partial charge in [-0.05, 0) is 12.8 Å². The number of hydrogen-bond donors (Lipinski definition) is 2. The summed E-state index contributed by atoms with van der Waals surface area (Å²) in [6.45, 7) is 4.63. The molecule has 0 aliphatic carbocycles. The SMILES string of the molecule is CCC(CC)(CNC(=O)N(C)CCC(=O)O)OC. The molecule has 0 aromatic rings. The molecule has 0 atom stereocenters. The topological polar surface area (TPSA) is 78.9 Å². The van der Waals surface area contributed by atoms with Gasteiger partial charge in [-0.25, -0.2) is 4.79 Å². The molecule has 0 aromatic carbocycles. The molecule has 0 fully saturated rings. The van der Waals surface area contributed by atoms with E-state index in [9.17, 15) is 9.59 Å². The van der Waals surface area contributed by atoms with Crippen LogP contribution in [0.15, 0.2) is 0 Å². The Labute approximate surface area is 108 Å². The Morgan fingerprint density at radius 1 is 1.33 bits per heavy atom. The molecule has 6 heteroatoms. The molecule has 2 amide bonds. The average Bonchev–Trinajstić information content (AvgIpc) is 2.37. The minimum Gasteiger partial charge on any atom is -0.481 e. The number of aliphatic carboxylic acids is 1. The second kappa shape index (κ2) is 7.92. The first-order chi connectivity index (χ1) is 8.40. The molecule has 0 saturated heterocycles. The molecule has 106 valence electrons. The van der Waals surface area contributed by atoms with E-state index in [1.807, 2.05) is 13.8 Å². The highest BCUT2D eigenvalue weighted by Gasteiger charge is 2.26. The molecule has 0 aliphatic heterocycles. The van der Waals surface area contributed by atoms with Crippen molar-refractivity contribution in [1.29, 1.82) is 0 Å². The summed E-state index contributed by atoms with van der Waals surface area (Å²) in [6, 6.07) is -0.278. The van der Waals surface area contributed by atoms with Gasteiger partial charge < -0.3 is 20.1 Å². The monoisotopic (exact) mass is 260 g/mol. The van der Waals surface area contributed by atoms with E-state index in [2.05, 4.69) is 5.32 Å². The standard InChI is InChI=1S/C12H24N2O4/c1-5-12(6-2,18-4)9-13-11(17)14(3)8-7-10(15)16/h5-9H2,1-4H3,(H,13,17)(H,15,16). The molecule has 0 heterocycles. The maximum Gasteiger partial charge on any atom is 0.317 e. The molecule has 0 unspecified atom stereocenters. The Morgan fingerprint density at radius 3 is 2.28 bits per heavy atom. The first-order valence-electron chi connectivity index (χ1n) is 6.16. The Balaban J connectivity index is 4.19. The maximum absolute atomic E-state index is 11.7. The van der Waals surface area contributed by atoms with E-state index in [0.29, 0.717) is 6.54 Å². The number of carbonyl (C=O) groups excluding carboxylic acids is 1. The Bertz CT molecular complexity index is 269. The quantitative estimate of drug-likeness (QED) is 0.689. The summed E-state index contributed by atoms with van der Waals surface area (Å²) in [7, 11) is 3.21. The first kappa shape index (κ1) is 16.7. The largest absolute Gasteiger partial charge is 0.481 e. The van der Waals surface area contributed by atoms with Gasteiger partial charge in [0.05, 0.1) is 12.0 Å². The fraction of sp³-hybridized carbons (Fsp3) is 0.833. The number of nitrogens with one attached hydrogen (secondary N) is 1. The van der Waals surface area contributed by atoms with Gasteiger partial charge in [0.25, 0.3) is 0 Å². The van der Waals surface area contributed by atoms with Crippen LogP contribution in [0.1, 0.15) is 33.1 Å². The van der Waals surface area contributed by atoms with E-state index in [0.717, 1.165) is 12.8 Å². The summed E-state index contributed by atoms with van der Waals surface area (Å²) in [6.07, 6.45) is 1.55. The predicted octanol–water partition coefficient (Wildman–Crippen LogP) is 1.31. The zero-order chi connectivity index (χ0) is 14.2. The van der Waals surface area contributed by atoms with Crippen LogP contribution in [0.25, 0.3) is 0 Å². The van der Waals surface area contributed by atoms with Gasteiger partial charge in [-0.15, -0.1) is 0 Å². The van der Waals surface area contributed by atoms with Crippen LogP contribution in [0, 0.1) is 0 Å². The van der Waals surface area contributed by atoms with Crippen molar-refractivity contribution in [2.45, 2.75) is 38.7 Å². The number of hydrogen-bond acceptors (Lipinski definition) is 3. The molecule has 0 radical (unpaired) electrons. The number of carbonyl (C=O) groups is 2. The lowest BCUT2D eigenvalue weighted by atomic mass is 9.97. The van der Waals surface area contributed by atoms with E-state index >= 15 is 0 Å². The lowest BCUT2D eigenvalue weighted by Crippen LogP contribution is -2.47. The number of carboxylic acids is 1. The lowest BCUT2D eigenvalue weighted by Gasteiger charge is -2.31. The fourth-order valence-corrected chi connectivity index (χ4v) is 1.60. The first-order valence-corrected chi connectivity index (χ1v) is 6.16. The van der Waals surface area contributed by atoms with Crippen molar-refractivity contribution in [2.75, 3.05) is 27.2 Å². The molecular weight excluding hydrogens is 236 g/mol. The predicted molar refractivity (Wildman–Crippen MR) is 68.6 cm³/mol. The van der Waals surface area contributed by atoms with Gasteiger partial charge in [0, 0.05) is 27.2 Å². The molecule has 2 N–H and O–H groups in total. The number of carboxylic acid groups (broad SMARTS) is 1. The van der Waals surface area contributed by atoms with Gasteiger partial charge in [-0.1, -0.05) is 13.8 Å². The number of ether oxygens (including phenoxy) is 1. The summed E-state index contributed by atoms with van der Waals surface area (Å²) < 4.78 is 5.44. The van der Waals surface area contributed by atoms with Crippen LogP contribution in [0.3, 0.4) is 0 Å². The van der Waals surface area contributed by atoms with Crippen LogP contribution in [0.2, 0.25) is 0 Å². The number of amides is 2. The molecule has 0 rings (SSSR count). The fourth-order valence-electron chi connectivity index (χ4n) is 1.60. The number of urea groups is 1. The molecule has 6 nitrogen and oxygen atoms in total. The summed E-state index contributed by atoms with van der Waals surface area (Å²) >= 11 is 0. The van der Waals surface area contributed by atoms with Crippen molar-refractivity contribution in [3.05, 3.63) is 0 Å². The van der Waals surface area contributed by atoms with Crippen molar-refractivity contribution in [3.8, 4) is 0 Å². The van der Waals surface area contributed by atoms with Gasteiger partial charge in [-0.2, -0.15) is 0 Å². The lowest BCUT2D eigenvalue weighted by molar-refractivity contribution is -0.137. The van der Waals surface area contributed by atoms with E-state index in [-0.39, 0.29) is 24.6 Å². The molecule has 0 aromatic heterocycles. The van der Waals surface area contributed by atoms with Crippen LogP contribution in [-0.4, -0.2) is 54.9 Å². The summed E-state index contributed by atoms with van der Waals surface area (Å²) in [4.78, 5) is 23.5. The average molecular weight is 260 g/mol. The highest BCUT2D eigenvalue weighted by molar-refractivity contribution is 5.75. The smallest absolute Gasteiger partial charge is 0.317 e. The van der Waals surface area contributed by atoms with Crippen molar-refractivity contribution >= 4 is 12.0 Å². The molecule has 0 spiro atoms. The maximum atomic E-state index is 11.7. The van der Waals surface area contributed by atoms with Gasteiger partial charge in [0.2, 0.25) is 0 Å². The van der Waals surface area contributed by atoms with Gasteiger partial charge in [-0.3, -0.25) is 4.79 Å². The normalized spacial score (nSPS) is 11.1. The Kier molecular flexibility index (Phi) is 7.35. The van der Waals surface area contributed by atoms with Crippen LogP contribution < -0.4 is 5.32 Å². The summed E-state index contributed by atoms with van der Waals surface area (Å²) in [5, 5.41) is 11.3. The van der Waals surface area contributed by atoms with Crippen LogP contribution in [0.4, 0.5) is 4.79 Å². The van der Waals surface area contributed by atoms with Crippen LogP contribution >= 0.6 is 0 Å². The second-order valence-corrected chi connectivity index (χ2v) is 4.32. The zero-order valence-corrected chi connectivity index (χ0v) is 11.7. The number of nitrogens with zero attached hydrogens (tertiary/aromatic N) is 1. The van der Waals surface area contributed by atoms with Crippen LogP contribution in [-0.2, 0) is 9.53 Å². The van der Waals surface area contributed by atoms with Crippen molar-refractivity contribution in [1.82, 2.24) is 10.2 Å². The third-order valence-corrected chi connectivity index (χ3v) is 3.29. The Morgan fingerprint density at radius 2 is 1.89 bits per heavy atom. The van der Waals surface area contributed by atoms with Gasteiger partial charge in [0.1, 0.15) is 0 Å². The zero-order valence-electron chi connectivity index (χ0n) is 11.7. The number of methoxy groups -OCH3 is 1. The minimum atomic E-state index is -0.914. The van der Waals surface area contributed by atoms with Gasteiger partial charge in [0.15, 0.2) is 0 Å². The van der Waals surface area contributed by atoms with Crippen molar-refractivity contribution in [2.24, 2.45) is 0 Å².